The average molecular weight is 327 g/mol. The third-order valence-corrected chi connectivity index (χ3v) is 3.90. The van der Waals surface area contributed by atoms with Crippen molar-refractivity contribution in [3.63, 3.8) is 0 Å². The fourth-order valence-electron chi connectivity index (χ4n) is 1.89. The topological polar surface area (TPSA) is 58.5 Å². The lowest BCUT2D eigenvalue weighted by molar-refractivity contribution is 0.145. The van der Waals surface area contributed by atoms with Gasteiger partial charge < -0.3 is 15.4 Å². The second kappa shape index (κ2) is 11.4. The Balaban J connectivity index is 2.28. The molecule has 0 atom stereocenters. The lowest BCUT2D eigenvalue weighted by Gasteiger charge is -2.15. The summed E-state index contributed by atoms with van der Waals surface area (Å²) in [6.07, 6.45) is 3.02. The number of aromatic nitrogens is 1. The minimum Gasteiger partial charge on any atom is -0.382 e. The number of hydrogen-bond acceptors (Lipinski definition) is 4. The maximum Gasteiger partial charge on any atom is 0.191 e. The summed E-state index contributed by atoms with van der Waals surface area (Å²) in [7, 11) is 0. The van der Waals surface area contributed by atoms with E-state index < -0.39 is 0 Å². The van der Waals surface area contributed by atoms with Crippen molar-refractivity contribution in [1.29, 1.82) is 0 Å². The van der Waals surface area contributed by atoms with E-state index in [1.165, 1.54) is 5.01 Å². The molecule has 0 radical (unpaired) electrons. The molecule has 0 unspecified atom stereocenters. The van der Waals surface area contributed by atoms with Crippen molar-refractivity contribution in [2.45, 2.75) is 53.0 Å². The predicted octanol–water partition coefficient (Wildman–Crippen LogP) is 2.75. The Labute approximate surface area is 138 Å². The van der Waals surface area contributed by atoms with Crippen LogP contribution in [0.3, 0.4) is 0 Å². The Morgan fingerprint density at radius 1 is 1.41 bits per heavy atom. The van der Waals surface area contributed by atoms with E-state index in [9.17, 15) is 0 Å². The van der Waals surface area contributed by atoms with Crippen LogP contribution >= 0.6 is 11.3 Å². The Bertz CT molecular complexity index is 432. The number of aryl methyl sites for hydroxylation is 2. The van der Waals surface area contributed by atoms with Crippen LogP contribution in [-0.2, 0) is 11.2 Å². The molecule has 1 aromatic heterocycles. The number of ether oxygens (including phenoxy) is 1. The van der Waals surface area contributed by atoms with E-state index in [0.29, 0.717) is 6.04 Å². The molecule has 0 aliphatic heterocycles. The van der Waals surface area contributed by atoms with Crippen molar-refractivity contribution < 1.29 is 4.74 Å². The summed E-state index contributed by atoms with van der Waals surface area (Å²) >= 11 is 1.74. The third kappa shape index (κ3) is 9.00. The molecule has 0 aromatic carbocycles. The van der Waals surface area contributed by atoms with Gasteiger partial charge in [-0.3, -0.25) is 4.99 Å². The molecule has 0 aliphatic carbocycles. The first-order valence-electron chi connectivity index (χ1n) is 8.15. The minimum absolute atomic E-state index is 0.375. The molecule has 5 nitrogen and oxygen atoms in total. The van der Waals surface area contributed by atoms with Gasteiger partial charge in [0, 0.05) is 49.8 Å². The zero-order valence-electron chi connectivity index (χ0n) is 14.3. The van der Waals surface area contributed by atoms with E-state index in [4.69, 9.17) is 4.74 Å². The number of nitrogens with one attached hydrogen (secondary N) is 2. The summed E-state index contributed by atoms with van der Waals surface area (Å²) in [6.45, 7) is 11.6. The van der Waals surface area contributed by atoms with Crippen molar-refractivity contribution in [2.75, 3.05) is 26.3 Å². The summed E-state index contributed by atoms with van der Waals surface area (Å²) in [4.78, 5) is 9.11. The number of thiazole rings is 1. The summed E-state index contributed by atoms with van der Waals surface area (Å²) in [5, 5.41) is 10.0. The van der Waals surface area contributed by atoms with E-state index in [1.807, 2.05) is 13.8 Å². The molecule has 22 heavy (non-hydrogen) atoms. The van der Waals surface area contributed by atoms with Crippen LogP contribution in [0.1, 0.15) is 44.3 Å². The van der Waals surface area contributed by atoms with Crippen molar-refractivity contribution in [3.8, 4) is 0 Å². The Morgan fingerprint density at radius 2 is 2.23 bits per heavy atom. The van der Waals surface area contributed by atoms with E-state index >= 15 is 0 Å². The predicted molar refractivity (Wildman–Crippen MR) is 94.9 cm³/mol. The Kier molecular flexibility index (Phi) is 9.82. The molecule has 1 heterocycles. The molecule has 0 bridgehead atoms. The van der Waals surface area contributed by atoms with Gasteiger partial charge in [-0.1, -0.05) is 0 Å². The fourth-order valence-corrected chi connectivity index (χ4v) is 2.71. The summed E-state index contributed by atoms with van der Waals surface area (Å²) < 4.78 is 5.34. The molecular formula is C16H30N4OS. The SMILES string of the molecule is CCOCCCNC(=NCCCc1nc(C)cs1)NC(C)C. The summed E-state index contributed by atoms with van der Waals surface area (Å²) in [5.41, 5.74) is 1.11. The van der Waals surface area contributed by atoms with Crippen LogP contribution in [-0.4, -0.2) is 43.3 Å². The Hall–Kier alpha value is -1.14. The number of aliphatic imine (C=N–C) groups is 1. The molecule has 6 heteroatoms. The first-order chi connectivity index (χ1) is 10.6. The van der Waals surface area contributed by atoms with Crippen molar-refractivity contribution >= 4 is 17.3 Å². The number of hydrogen-bond donors (Lipinski definition) is 2. The molecule has 0 aliphatic rings. The molecule has 0 fully saturated rings. The van der Waals surface area contributed by atoms with Gasteiger partial charge in [0.25, 0.3) is 0 Å². The standard InChI is InChI=1S/C16H30N4OS/c1-5-21-11-7-10-18-16(19-13(2)3)17-9-6-8-15-20-14(4)12-22-15/h12-13H,5-11H2,1-4H3,(H2,17,18,19). The van der Waals surface area contributed by atoms with E-state index in [1.54, 1.807) is 11.3 Å². The highest BCUT2D eigenvalue weighted by Gasteiger charge is 2.02. The van der Waals surface area contributed by atoms with Crippen molar-refractivity contribution in [1.82, 2.24) is 15.6 Å². The van der Waals surface area contributed by atoms with Gasteiger partial charge in [-0.15, -0.1) is 11.3 Å². The Morgan fingerprint density at radius 3 is 2.86 bits per heavy atom. The van der Waals surface area contributed by atoms with Crippen LogP contribution in [0, 0.1) is 6.92 Å². The highest BCUT2D eigenvalue weighted by Crippen LogP contribution is 2.10. The number of nitrogens with zero attached hydrogens (tertiary/aromatic N) is 2. The zero-order valence-corrected chi connectivity index (χ0v) is 15.1. The molecular weight excluding hydrogens is 296 g/mol. The quantitative estimate of drug-likeness (QED) is 0.394. The van der Waals surface area contributed by atoms with Crippen LogP contribution in [0.25, 0.3) is 0 Å². The molecule has 0 spiro atoms. The average Bonchev–Trinajstić information content (AvgIpc) is 2.88. The summed E-state index contributed by atoms with van der Waals surface area (Å²) in [6, 6.07) is 0.375. The van der Waals surface area contributed by atoms with Crippen LogP contribution in [0.5, 0.6) is 0 Å². The first-order valence-corrected chi connectivity index (χ1v) is 9.03. The van der Waals surface area contributed by atoms with E-state index in [-0.39, 0.29) is 0 Å². The monoisotopic (exact) mass is 326 g/mol. The second-order valence-corrected chi connectivity index (χ2v) is 6.44. The molecule has 0 saturated carbocycles. The highest BCUT2D eigenvalue weighted by atomic mass is 32.1. The van der Waals surface area contributed by atoms with Gasteiger partial charge in [-0.2, -0.15) is 0 Å². The minimum atomic E-state index is 0.375. The molecule has 126 valence electrons. The number of rotatable bonds is 10. The van der Waals surface area contributed by atoms with Crippen LogP contribution in [0.4, 0.5) is 0 Å². The maximum atomic E-state index is 5.34. The van der Waals surface area contributed by atoms with Gasteiger partial charge in [0.2, 0.25) is 0 Å². The van der Waals surface area contributed by atoms with Gasteiger partial charge in [0.1, 0.15) is 0 Å². The fraction of sp³-hybridized carbons (Fsp3) is 0.750. The second-order valence-electron chi connectivity index (χ2n) is 5.49. The van der Waals surface area contributed by atoms with Crippen LogP contribution < -0.4 is 10.6 Å². The van der Waals surface area contributed by atoms with Crippen LogP contribution in [0.2, 0.25) is 0 Å². The highest BCUT2D eigenvalue weighted by molar-refractivity contribution is 7.09. The normalized spacial score (nSPS) is 12.0. The van der Waals surface area contributed by atoms with Gasteiger partial charge in [-0.25, -0.2) is 4.98 Å². The van der Waals surface area contributed by atoms with Gasteiger partial charge in [0.05, 0.1) is 5.01 Å². The lowest BCUT2D eigenvalue weighted by atomic mass is 10.3. The largest absolute Gasteiger partial charge is 0.382 e. The molecule has 2 N–H and O–H groups in total. The van der Waals surface area contributed by atoms with Crippen molar-refractivity contribution in [2.24, 2.45) is 4.99 Å². The lowest BCUT2D eigenvalue weighted by Crippen LogP contribution is -2.41. The third-order valence-electron chi connectivity index (χ3n) is 2.87. The van der Waals surface area contributed by atoms with Gasteiger partial charge in [0.15, 0.2) is 5.96 Å². The van der Waals surface area contributed by atoms with Gasteiger partial charge >= 0.3 is 0 Å². The molecule has 0 saturated heterocycles. The van der Waals surface area contributed by atoms with Crippen molar-refractivity contribution in [3.05, 3.63) is 16.1 Å². The maximum absolute atomic E-state index is 5.34. The van der Waals surface area contributed by atoms with Gasteiger partial charge in [-0.05, 0) is 40.5 Å². The number of guanidine groups is 1. The van der Waals surface area contributed by atoms with E-state index in [0.717, 1.165) is 57.2 Å². The molecule has 0 amide bonds. The zero-order chi connectivity index (χ0) is 16.2. The van der Waals surface area contributed by atoms with E-state index in [2.05, 4.69) is 39.8 Å². The first kappa shape index (κ1) is 18.9. The van der Waals surface area contributed by atoms with Crippen LogP contribution in [0.15, 0.2) is 10.4 Å². The summed E-state index contributed by atoms with van der Waals surface area (Å²) in [5.74, 6) is 0.891. The molecule has 1 rings (SSSR count). The smallest absolute Gasteiger partial charge is 0.191 e. The molecule has 1 aromatic rings.